The molecule has 1 aromatic carbocycles. The SMILES string of the molecule is Cc1nc(N2CCC3(CC2)COC[C@H]3N)c2cc(CO)nn2c1-c1cccc(Cl)c1Cl. The van der Waals surface area contributed by atoms with E-state index in [-0.39, 0.29) is 18.1 Å². The third-order valence-corrected chi connectivity index (χ3v) is 7.54. The Labute approximate surface area is 190 Å². The summed E-state index contributed by atoms with van der Waals surface area (Å²) in [7, 11) is 0. The highest BCUT2D eigenvalue weighted by Gasteiger charge is 2.44. The number of aliphatic hydroxyl groups excluding tert-OH is 1. The fraction of sp³-hybridized carbons (Fsp3) is 0.455. The summed E-state index contributed by atoms with van der Waals surface area (Å²) in [5, 5.41) is 15.3. The molecule has 0 saturated carbocycles. The van der Waals surface area contributed by atoms with Gasteiger partial charge >= 0.3 is 0 Å². The van der Waals surface area contributed by atoms with Crippen molar-refractivity contribution in [2.45, 2.75) is 32.4 Å². The van der Waals surface area contributed by atoms with Crippen LogP contribution in [0, 0.1) is 12.3 Å². The molecule has 31 heavy (non-hydrogen) atoms. The zero-order valence-corrected chi connectivity index (χ0v) is 18.8. The van der Waals surface area contributed by atoms with Crippen molar-refractivity contribution < 1.29 is 9.84 Å². The number of aryl methyl sites for hydroxylation is 1. The molecule has 2 aliphatic heterocycles. The van der Waals surface area contributed by atoms with Crippen molar-refractivity contribution in [3.63, 3.8) is 0 Å². The van der Waals surface area contributed by atoms with Gasteiger partial charge in [-0.25, -0.2) is 9.50 Å². The maximum absolute atomic E-state index is 9.75. The molecule has 5 rings (SSSR count). The molecule has 2 aromatic heterocycles. The van der Waals surface area contributed by atoms with Crippen LogP contribution in [-0.4, -0.2) is 52.0 Å². The van der Waals surface area contributed by atoms with Gasteiger partial charge in [0, 0.05) is 30.1 Å². The summed E-state index contributed by atoms with van der Waals surface area (Å²) < 4.78 is 7.49. The van der Waals surface area contributed by atoms with Gasteiger partial charge in [0.2, 0.25) is 0 Å². The Hall–Kier alpha value is -1.90. The molecule has 1 atom stereocenters. The molecule has 164 valence electrons. The van der Waals surface area contributed by atoms with Crippen molar-refractivity contribution in [1.82, 2.24) is 14.6 Å². The molecular weight excluding hydrogens is 437 g/mol. The second-order valence-electron chi connectivity index (χ2n) is 8.53. The Morgan fingerprint density at radius 3 is 2.74 bits per heavy atom. The lowest BCUT2D eigenvalue weighted by molar-refractivity contribution is 0.132. The van der Waals surface area contributed by atoms with Crippen molar-refractivity contribution in [3.05, 3.63) is 45.7 Å². The minimum atomic E-state index is -0.155. The van der Waals surface area contributed by atoms with E-state index in [0.29, 0.717) is 22.3 Å². The number of hydrogen-bond donors (Lipinski definition) is 2. The number of benzene rings is 1. The lowest BCUT2D eigenvalue weighted by Gasteiger charge is -2.41. The first-order valence-electron chi connectivity index (χ1n) is 10.5. The summed E-state index contributed by atoms with van der Waals surface area (Å²) in [5.41, 5.74) is 10.1. The first-order chi connectivity index (χ1) is 14.9. The monoisotopic (exact) mass is 461 g/mol. The van der Waals surface area contributed by atoms with E-state index in [9.17, 15) is 5.11 Å². The van der Waals surface area contributed by atoms with Crippen LogP contribution in [0.4, 0.5) is 5.82 Å². The van der Waals surface area contributed by atoms with E-state index in [1.165, 1.54) is 0 Å². The van der Waals surface area contributed by atoms with Crippen LogP contribution in [-0.2, 0) is 11.3 Å². The first kappa shape index (κ1) is 21.0. The molecule has 0 radical (unpaired) electrons. The smallest absolute Gasteiger partial charge is 0.155 e. The van der Waals surface area contributed by atoms with Crippen LogP contribution >= 0.6 is 23.2 Å². The average Bonchev–Trinajstić information content (AvgIpc) is 3.35. The fourth-order valence-corrected chi connectivity index (χ4v) is 5.23. The molecule has 2 saturated heterocycles. The number of anilines is 1. The van der Waals surface area contributed by atoms with Crippen LogP contribution < -0.4 is 10.6 Å². The van der Waals surface area contributed by atoms with Crippen LogP contribution in [0.5, 0.6) is 0 Å². The number of hydrogen-bond acceptors (Lipinski definition) is 6. The highest BCUT2D eigenvalue weighted by molar-refractivity contribution is 6.43. The molecule has 0 amide bonds. The number of nitrogens with two attached hydrogens (primary N) is 1. The molecule has 3 N–H and O–H groups in total. The van der Waals surface area contributed by atoms with Crippen molar-refractivity contribution in [1.29, 1.82) is 0 Å². The predicted molar refractivity (Wildman–Crippen MR) is 122 cm³/mol. The second-order valence-corrected chi connectivity index (χ2v) is 9.32. The number of fused-ring (bicyclic) bond motifs is 1. The zero-order chi connectivity index (χ0) is 21.8. The van der Waals surface area contributed by atoms with Gasteiger partial charge < -0.3 is 20.5 Å². The fourth-order valence-electron chi connectivity index (χ4n) is 4.84. The summed E-state index contributed by atoms with van der Waals surface area (Å²) in [6.07, 6.45) is 1.92. The molecule has 7 nitrogen and oxygen atoms in total. The Morgan fingerprint density at radius 2 is 2.06 bits per heavy atom. The van der Waals surface area contributed by atoms with Crippen molar-refractivity contribution in [2.24, 2.45) is 11.1 Å². The number of piperidine rings is 1. The van der Waals surface area contributed by atoms with Gasteiger partial charge in [-0.1, -0.05) is 35.3 Å². The van der Waals surface area contributed by atoms with Crippen molar-refractivity contribution in [3.8, 4) is 11.3 Å². The minimum Gasteiger partial charge on any atom is -0.390 e. The Bertz CT molecular complexity index is 1140. The van der Waals surface area contributed by atoms with Gasteiger partial charge in [-0.3, -0.25) is 0 Å². The standard InChI is InChI=1S/C22H25Cl2N5O2/c1-13-20(15-3-2-4-16(23)19(15)24)29-17(9-14(10-30)27-29)21(26-13)28-7-5-22(6-8-28)12-31-11-18(22)25/h2-4,9,18,30H,5-8,10-12,25H2,1H3/t18-/m1/s1. The average molecular weight is 462 g/mol. The highest BCUT2D eigenvalue weighted by Crippen LogP contribution is 2.41. The number of nitrogens with zero attached hydrogens (tertiary/aromatic N) is 4. The molecular formula is C22H25Cl2N5O2. The van der Waals surface area contributed by atoms with Gasteiger partial charge in [-0.15, -0.1) is 0 Å². The molecule has 2 aliphatic rings. The van der Waals surface area contributed by atoms with E-state index >= 15 is 0 Å². The number of aromatic nitrogens is 3. The molecule has 0 bridgehead atoms. The molecule has 0 unspecified atom stereocenters. The number of aliphatic hydroxyl groups is 1. The number of rotatable bonds is 3. The topological polar surface area (TPSA) is 88.9 Å². The summed E-state index contributed by atoms with van der Waals surface area (Å²) >= 11 is 12.8. The lowest BCUT2D eigenvalue weighted by Crippen LogP contribution is -2.49. The van der Waals surface area contributed by atoms with Gasteiger partial charge in [-0.2, -0.15) is 5.10 Å². The van der Waals surface area contributed by atoms with Crippen LogP contribution in [0.15, 0.2) is 24.3 Å². The molecule has 0 aliphatic carbocycles. The second kappa shape index (κ2) is 7.90. The van der Waals surface area contributed by atoms with Gasteiger partial charge in [0.1, 0.15) is 5.52 Å². The van der Waals surface area contributed by atoms with Gasteiger partial charge in [0.05, 0.1) is 46.9 Å². The van der Waals surface area contributed by atoms with E-state index in [4.69, 9.17) is 38.7 Å². The Balaban J connectivity index is 1.60. The maximum atomic E-state index is 9.75. The molecule has 9 heteroatoms. The molecule has 4 heterocycles. The molecule has 2 fully saturated rings. The highest BCUT2D eigenvalue weighted by atomic mass is 35.5. The largest absolute Gasteiger partial charge is 0.390 e. The summed E-state index contributed by atoms with van der Waals surface area (Å²) in [6, 6.07) is 7.50. The van der Waals surface area contributed by atoms with Crippen molar-refractivity contribution >= 4 is 34.5 Å². The first-order valence-corrected chi connectivity index (χ1v) is 11.2. The number of ether oxygens (including phenoxy) is 1. The third-order valence-electron chi connectivity index (χ3n) is 6.72. The van der Waals surface area contributed by atoms with Crippen LogP contribution in [0.25, 0.3) is 16.8 Å². The quantitative estimate of drug-likeness (QED) is 0.620. The Morgan fingerprint density at radius 1 is 1.29 bits per heavy atom. The van der Waals surface area contributed by atoms with Crippen molar-refractivity contribution in [2.75, 3.05) is 31.2 Å². The normalized spacial score (nSPS) is 20.8. The van der Waals surface area contributed by atoms with E-state index in [1.807, 2.05) is 29.6 Å². The van der Waals surface area contributed by atoms with E-state index in [1.54, 1.807) is 6.07 Å². The van der Waals surface area contributed by atoms with Gasteiger partial charge in [-0.05, 0) is 31.9 Å². The molecule has 3 aromatic rings. The third kappa shape index (κ3) is 3.39. The lowest BCUT2D eigenvalue weighted by atomic mass is 9.75. The van der Waals surface area contributed by atoms with E-state index < -0.39 is 0 Å². The van der Waals surface area contributed by atoms with Gasteiger partial charge in [0.15, 0.2) is 5.82 Å². The minimum absolute atomic E-state index is 0.0621. The van der Waals surface area contributed by atoms with Crippen LogP contribution in [0.3, 0.4) is 0 Å². The predicted octanol–water partition coefficient (Wildman–Crippen LogP) is 3.45. The number of halogens is 2. The van der Waals surface area contributed by atoms with E-state index in [2.05, 4.69) is 10.00 Å². The Kier molecular flexibility index (Phi) is 5.35. The summed E-state index contributed by atoms with van der Waals surface area (Å²) in [4.78, 5) is 7.26. The zero-order valence-electron chi connectivity index (χ0n) is 17.3. The van der Waals surface area contributed by atoms with Crippen LogP contribution in [0.1, 0.15) is 24.2 Å². The van der Waals surface area contributed by atoms with Crippen LogP contribution in [0.2, 0.25) is 10.0 Å². The summed E-state index contributed by atoms with van der Waals surface area (Å²) in [6.45, 7) is 4.85. The maximum Gasteiger partial charge on any atom is 0.155 e. The van der Waals surface area contributed by atoms with Gasteiger partial charge in [0.25, 0.3) is 0 Å². The molecule has 1 spiro atoms. The van der Waals surface area contributed by atoms with E-state index in [0.717, 1.165) is 60.8 Å². The summed E-state index contributed by atoms with van der Waals surface area (Å²) in [5.74, 6) is 0.855.